The zero-order valence-corrected chi connectivity index (χ0v) is 15.1. The van der Waals surface area contributed by atoms with E-state index in [9.17, 15) is 0 Å². The van der Waals surface area contributed by atoms with Gasteiger partial charge in [-0.1, -0.05) is 0 Å². The molecule has 2 aromatic rings. The molecule has 1 aliphatic heterocycles. The van der Waals surface area contributed by atoms with Gasteiger partial charge in [-0.25, -0.2) is 4.68 Å². The van der Waals surface area contributed by atoms with Crippen molar-refractivity contribution < 1.29 is 9.84 Å². The standard InChI is InChI=1S/C18H23BrN2O2/c1-11-8-15-14(10-20-21(15)16-4-2-3-7-23-16)18(19)17(11)13-9-12(13)5-6-22/h8,10,12-13,16,22H,2-7,9H2,1H3/t12-,13+,16?/m1/s1. The molecular weight excluding hydrogens is 356 g/mol. The molecule has 1 saturated carbocycles. The van der Waals surface area contributed by atoms with E-state index >= 15 is 0 Å². The van der Waals surface area contributed by atoms with E-state index in [1.165, 1.54) is 33.8 Å². The van der Waals surface area contributed by atoms with Gasteiger partial charge in [0.1, 0.15) is 0 Å². The summed E-state index contributed by atoms with van der Waals surface area (Å²) in [5, 5.41) is 15.0. The fourth-order valence-corrected chi connectivity index (χ4v) is 4.89. The van der Waals surface area contributed by atoms with E-state index in [4.69, 9.17) is 9.84 Å². The van der Waals surface area contributed by atoms with Crippen LogP contribution in [-0.4, -0.2) is 28.1 Å². The van der Waals surface area contributed by atoms with E-state index < -0.39 is 0 Å². The molecule has 4 rings (SSSR count). The van der Waals surface area contributed by atoms with Gasteiger partial charge in [-0.2, -0.15) is 5.10 Å². The lowest BCUT2D eigenvalue weighted by atomic mass is 10.00. The van der Waals surface area contributed by atoms with Crippen molar-refractivity contribution in [3.8, 4) is 0 Å². The third-order valence-corrected chi connectivity index (χ3v) is 6.16. The third-order valence-electron chi connectivity index (χ3n) is 5.31. The molecule has 1 aromatic carbocycles. The Kier molecular flexibility index (Phi) is 4.20. The fourth-order valence-electron chi connectivity index (χ4n) is 3.97. The van der Waals surface area contributed by atoms with Crippen molar-refractivity contribution in [3.05, 3.63) is 27.9 Å². The molecule has 5 heteroatoms. The van der Waals surface area contributed by atoms with Crippen LogP contribution < -0.4 is 0 Å². The number of aliphatic hydroxyl groups is 1. The molecule has 1 saturated heterocycles. The third kappa shape index (κ3) is 2.73. The lowest BCUT2D eigenvalue weighted by molar-refractivity contribution is -0.0366. The van der Waals surface area contributed by atoms with Gasteiger partial charge >= 0.3 is 0 Å². The highest BCUT2D eigenvalue weighted by molar-refractivity contribution is 9.10. The van der Waals surface area contributed by atoms with Crippen LogP contribution in [0.1, 0.15) is 55.4 Å². The molecule has 3 atom stereocenters. The molecule has 1 aromatic heterocycles. The van der Waals surface area contributed by atoms with Gasteiger partial charge in [0.2, 0.25) is 0 Å². The van der Waals surface area contributed by atoms with Crippen molar-refractivity contribution in [1.29, 1.82) is 0 Å². The first kappa shape index (κ1) is 15.6. The number of halogens is 1. The summed E-state index contributed by atoms with van der Waals surface area (Å²) < 4.78 is 9.14. The highest BCUT2D eigenvalue weighted by Crippen LogP contribution is 2.53. The number of aryl methyl sites for hydroxylation is 1. The molecule has 2 fully saturated rings. The van der Waals surface area contributed by atoms with E-state index in [1.807, 2.05) is 10.9 Å². The molecule has 1 N–H and O–H groups in total. The fraction of sp³-hybridized carbons (Fsp3) is 0.611. The number of aromatic nitrogens is 2. The number of nitrogens with zero attached hydrogens (tertiary/aromatic N) is 2. The van der Waals surface area contributed by atoms with Crippen molar-refractivity contribution in [2.75, 3.05) is 13.2 Å². The summed E-state index contributed by atoms with van der Waals surface area (Å²) in [6.07, 6.45) is 7.52. The molecule has 0 radical (unpaired) electrons. The maximum atomic E-state index is 9.16. The minimum absolute atomic E-state index is 0.0708. The molecule has 0 bridgehead atoms. The van der Waals surface area contributed by atoms with Crippen molar-refractivity contribution in [2.45, 2.75) is 51.2 Å². The van der Waals surface area contributed by atoms with Gasteiger partial charge in [0.25, 0.3) is 0 Å². The summed E-state index contributed by atoms with van der Waals surface area (Å²) in [5.41, 5.74) is 3.87. The zero-order valence-electron chi connectivity index (χ0n) is 13.5. The number of aliphatic hydroxyl groups excluding tert-OH is 1. The van der Waals surface area contributed by atoms with Crippen LogP contribution in [-0.2, 0) is 4.74 Å². The van der Waals surface area contributed by atoms with Crippen LogP contribution in [0.25, 0.3) is 10.9 Å². The van der Waals surface area contributed by atoms with Gasteiger partial charge in [-0.05, 0) is 84.0 Å². The molecule has 0 spiro atoms. The van der Waals surface area contributed by atoms with E-state index in [0.717, 1.165) is 31.4 Å². The summed E-state index contributed by atoms with van der Waals surface area (Å²) in [4.78, 5) is 0. The minimum atomic E-state index is 0.0708. The first-order valence-corrected chi connectivity index (χ1v) is 9.38. The van der Waals surface area contributed by atoms with Gasteiger partial charge in [0.15, 0.2) is 6.23 Å². The Hall–Kier alpha value is -0.910. The Labute approximate surface area is 144 Å². The number of benzene rings is 1. The molecule has 2 heterocycles. The van der Waals surface area contributed by atoms with Gasteiger partial charge in [-0.15, -0.1) is 0 Å². The molecule has 4 nitrogen and oxygen atoms in total. The smallest absolute Gasteiger partial charge is 0.150 e. The number of rotatable bonds is 4. The minimum Gasteiger partial charge on any atom is -0.396 e. The Morgan fingerprint density at radius 1 is 1.43 bits per heavy atom. The highest BCUT2D eigenvalue weighted by atomic mass is 79.9. The summed E-state index contributed by atoms with van der Waals surface area (Å²) in [6, 6.07) is 2.26. The average molecular weight is 379 g/mol. The van der Waals surface area contributed by atoms with E-state index in [1.54, 1.807) is 0 Å². The number of fused-ring (bicyclic) bond motifs is 1. The maximum absolute atomic E-state index is 9.16. The van der Waals surface area contributed by atoms with Crippen LogP contribution in [0.2, 0.25) is 0 Å². The largest absolute Gasteiger partial charge is 0.396 e. The van der Waals surface area contributed by atoms with Crippen LogP contribution in [0.15, 0.2) is 16.7 Å². The summed E-state index contributed by atoms with van der Waals surface area (Å²) in [6.45, 7) is 3.30. The predicted molar refractivity (Wildman–Crippen MR) is 93.6 cm³/mol. The summed E-state index contributed by atoms with van der Waals surface area (Å²) in [7, 11) is 0. The number of hydrogen-bond donors (Lipinski definition) is 1. The van der Waals surface area contributed by atoms with E-state index in [0.29, 0.717) is 11.8 Å². The Bertz CT molecular complexity index is 721. The summed E-state index contributed by atoms with van der Waals surface area (Å²) >= 11 is 3.83. The van der Waals surface area contributed by atoms with Crippen LogP contribution >= 0.6 is 15.9 Å². The van der Waals surface area contributed by atoms with E-state index in [-0.39, 0.29) is 12.8 Å². The SMILES string of the molecule is Cc1cc2c(cnn2C2CCCCO2)c(Br)c1[C@H]1C[C@H]1CCO. The highest BCUT2D eigenvalue weighted by Gasteiger charge is 2.40. The quantitative estimate of drug-likeness (QED) is 0.862. The predicted octanol–water partition coefficient (Wildman–Crippen LogP) is 4.29. The van der Waals surface area contributed by atoms with Gasteiger partial charge in [0.05, 0.1) is 11.7 Å². The van der Waals surface area contributed by atoms with Gasteiger partial charge < -0.3 is 9.84 Å². The summed E-state index contributed by atoms with van der Waals surface area (Å²) in [5.74, 6) is 1.21. The molecule has 0 amide bonds. The Balaban J connectivity index is 1.72. The van der Waals surface area contributed by atoms with Gasteiger partial charge in [0, 0.05) is 23.1 Å². The van der Waals surface area contributed by atoms with Crippen molar-refractivity contribution in [3.63, 3.8) is 0 Å². The van der Waals surface area contributed by atoms with Crippen LogP contribution in [0, 0.1) is 12.8 Å². The Morgan fingerprint density at radius 2 is 2.30 bits per heavy atom. The molecule has 1 aliphatic carbocycles. The Morgan fingerprint density at radius 3 is 3.04 bits per heavy atom. The van der Waals surface area contributed by atoms with E-state index in [2.05, 4.69) is 34.0 Å². The second-order valence-corrected chi connectivity index (χ2v) is 7.67. The van der Waals surface area contributed by atoms with Crippen LogP contribution in [0.4, 0.5) is 0 Å². The lowest BCUT2D eigenvalue weighted by Crippen LogP contribution is -2.19. The van der Waals surface area contributed by atoms with Crippen LogP contribution in [0.5, 0.6) is 0 Å². The molecule has 1 unspecified atom stereocenters. The lowest BCUT2D eigenvalue weighted by Gasteiger charge is -2.23. The first-order valence-electron chi connectivity index (χ1n) is 8.59. The number of ether oxygens (including phenoxy) is 1. The van der Waals surface area contributed by atoms with Crippen LogP contribution in [0.3, 0.4) is 0 Å². The van der Waals surface area contributed by atoms with Crippen molar-refractivity contribution >= 4 is 26.8 Å². The van der Waals surface area contributed by atoms with Crippen molar-refractivity contribution in [1.82, 2.24) is 9.78 Å². The zero-order chi connectivity index (χ0) is 16.0. The average Bonchev–Trinajstić information content (AvgIpc) is 3.16. The normalized spacial score (nSPS) is 27.5. The van der Waals surface area contributed by atoms with Crippen molar-refractivity contribution in [2.24, 2.45) is 5.92 Å². The molecule has 23 heavy (non-hydrogen) atoms. The molecule has 2 aliphatic rings. The second kappa shape index (κ2) is 6.19. The monoisotopic (exact) mass is 378 g/mol. The molecule has 124 valence electrons. The topological polar surface area (TPSA) is 47.3 Å². The van der Waals surface area contributed by atoms with Gasteiger partial charge in [-0.3, -0.25) is 0 Å². The first-order chi connectivity index (χ1) is 11.2. The maximum Gasteiger partial charge on any atom is 0.150 e. The second-order valence-electron chi connectivity index (χ2n) is 6.88. The molecular formula is C18H23BrN2O2. The number of hydrogen-bond acceptors (Lipinski definition) is 3.